The molecular formula is C21H16ClIN2O4S. The molecule has 0 aliphatic carbocycles. The van der Waals surface area contributed by atoms with Gasteiger partial charge in [0.1, 0.15) is 5.75 Å². The number of methoxy groups -OCH3 is 1. The molecule has 1 aliphatic rings. The SMILES string of the molecule is COc1ccc(CN2C(=O)c3c(NC(=O)c4ccc(Cl)s4)cccc3C2O)cc1I. The quantitative estimate of drug-likeness (QED) is 0.439. The van der Waals surface area contributed by atoms with Crippen molar-refractivity contribution in [3.05, 3.63) is 78.0 Å². The summed E-state index contributed by atoms with van der Waals surface area (Å²) in [4.78, 5) is 27.5. The molecule has 4 rings (SSSR count). The second-order valence-electron chi connectivity index (χ2n) is 6.60. The number of nitrogens with one attached hydrogen (secondary N) is 1. The Hall–Kier alpha value is -2.14. The normalized spacial score (nSPS) is 15.3. The summed E-state index contributed by atoms with van der Waals surface area (Å²) in [5.41, 5.74) is 1.98. The predicted molar refractivity (Wildman–Crippen MR) is 124 cm³/mol. The number of aliphatic hydroxyl groups excluding tert-OH is 1. The minimum Gasteiger partial charge on any atom is -0.496 e. The summed E-state index contributed by atoms with van der Waals surface area (Å²) >= 11 is 9.22. The molecule has 6 nitrogen and oxygen atoms in total. The number of carbonyl (C=O) groups excluding carboxylic acids is 2. The van der Waals surface area contributed by atoms with Gasteiger partial charge in [0.25, 0.3) is 11.8 Å². The number of hydrogen-bond donors (Lipinski definition) is 2. The smallest absolute Gasteiger partial charge is 0.265 e. The number of thiophene rings is 1. The van der Waals surface area contributed by atoms with Crippen LogP contribution < -0.4 is 10.1 Å². The maximum absolute atomic E-state index is 13.1. The molecule has 2 aromatic carbocycles. The second-order valence-corrected chi connectivity index (χ2v) is 9.48. The Bertz CT molecular complexity index is 1150. The Morgan fingerprint density at radius 2 is 2.10 bits per heavy atom. The number of fused-ring (bicyclic) bond motifs is 1. The second kappa shape index (κ2) is 8.54. The van der Waals surface area contributed by atoms with Gasteiger partial charge in [-0.2, -0.15) is 0 Å². The van der Waals surface area contributed by atoms with Crippen molar-refractivity contribution in [2.45, 2.75) is 12.8 Å². The first-order chi connectivity index (χ1) is 14.4. The summed E-state index contributed by atoms with van der Waals surface area (Å²) < 4.78 is 6.68. The van der Waals surface area contributed by atoms with E-state index in [-0.39, 0.29) is 18.4 Å². The highest BCUT2D eigenvalue weighted by Gasteiger charge is 2.37. The van der Waals surface area contributed by atoms with Gasteiger partial charge in [-0.15, -0.1) is 11.3 Å². The fourth-order valence-electron chi connectivity index (χ4n) is 3.33. The highest BCUT2D eigenvalue weighted by molar-refractivity contribution is 14.1. The number of anilines is 1. The van der Waals surface area contributed by atoms with Crippen molar-refractivity contribution >= 4 is 63.0 Å². The van der Waals surface area contributed by atoms with E-state index in [2.05, 4.69) is 27.9 Å². The molecule has 154 valence electrons. The van der Waals surface area contributed by atoms with Crippen LogP contribution in [0.15, 0.2) is 48.5 Å². The Morgan fingerprint density at radius 1 is 1.30 bits per heavy atom. The number of halogens is 2. The number of rotatable bonds is 5. The van der Waals surface area contributed by atoms with Crippen molar-refractivity contribution in [2.75, 3.05) is 12.4 Å². The molecule has 1 aromatic heterocycles. The van der Waals surface area contributed by atoms with E-state index in [1.807, 2.05) is 18.2 Å². The van der Waals surface area contributed by atoms with Crippen LogP contribution in [0.3, 0.4) is 0 Å². The van der Waals surface area contributed by atoms with Gasteiger partial charge in [0.15, 0.2) is 6.23 Å². The molecule has 30 heavy (non-hydrogen) atoms. The van der Waals surface area contributed by atoms with E-state index in [4.69, 9.17) is 16.3 Å². The molecule has 0 fully saturated rings. The molecule has 1 aliphatic heterocycles. The predicted octanol–water partition coefficient (Wildman–Crippen LogP) is 4.91. The van der Waals surface area contributed by atoms with E-state index in [1.54, 1.807) is 37.4 Å². The molecule has 0 saturated heterocycles. The fraction of sp³-hybridized carbons (Fsp3) is 0.143. The molecule has 0 bridgehead atoms. The lowest BCUT2D eigenvalue weighted by atomic mass is 10.1. The van der Waals surface area contributed by atoms with Crippen LogP contribution in [0.25, 0.3) is 0 Å². The lowest BCUT2D eigenvalue weighted by Gasteiger charge is -2.21. The molecule has 2 amide bonds. The van der Waals surface area contributed by atoms with Crippen molar-refractivity contribution in [1.29, 1.82) is 0 Å². The van der Waals surface area contributed by atoms with E-state index in [0.717, 1.165) is 26.2 Å². The first-order valence-electron chi connectivity index (χ1n) is 8.90. The van der Waals surface area contributed by atoms with Crippen molar-refractivity contribution in [3.63, 3.8) is 0 Å². The Kier molecular flexibility index (Phi) is 6.01. The number of aliphatic hydroxyl groups is 1. The van der Waals surface area contributed by atoms with E-state index in [1.165, 1.54) is 4.90 Å². The molecule has 0 spiro atoms. The fourth-order valence-corrected chi connectivity index (χ4v) is 5.07. The first-order valence-corrected chi connectivity index (χ1v) is 11.2. The summed E-state index contributed by atoms with van der Waals surface area (Å²) in [6.45, 7) is 0.225. The van der Waals surface area contributed by atoms with Crippen LogP contribution in [0.1, 0.15) is 37.4 Å². The highest BCUT2D eigenvalue weighted by Crippen LogP contribution is 2.38. The van der Waals surface area contributed by atoms with Gasteiger partial charge in [0.05, 0.1) is 31.1 Å². The number of carbonyl (C=O) groups is 2. The van der Waals surface area contributed by atoms with Crippen LogP contribution >= 0.6 is 45.5 Å². The van der Waals surface area contributed by atoms with Crippen LogP contribution in [0.2, 0.25) is 4.34 Å². The number of nitrogens with zero attached hydrogens (tertiary/aromatic N) is 1. The summed E-state index contributed by atoms with van der Waals surface area (Å²) in [5, 5.41) is 13.5. The maximum atomic E-state index is 13.1. The summed E-state index contributed by atoms with van der Waals surface area (Å²) in [6.07, 6.45) is -1.10. The third-order valence-corrected chi connectivity index (χ3v) is 6.83. The van der Waals surface area contributed by atoms with E-state index >= 15 is 0 Å². The Labute approximate surface area is 195 Å². The minimum absolute atomic E-state index is 0.225. The molecule has 0 radical (unpaired) electrons. The number of ether oxygens (including phenoxy) is 1. The monoisotopic (exact) mass is 554 g/mol. The van der Waals surface area contributed by atoms with E-state index in [0.29, 0.717) is 26.0 Å². The average molecular weight is 555 g/mol. The zero-order valence-electron chi connectivity index (χ0n) is 15.7. The van der Waals surface area contributed by atoms with Crippen LogP contribution in [0.4, 0.5) is 5.69 Å². The Balaban J connectivity index is 1.60. The number of amides is 2. The summed E-state index contributed by atoms with van der Waals surface area (Å²) in [6, 6.07) is 13.9. The van der Waals surface area contributed by atoms with E-state index in [9.17, 15) is 14.7 Å². The van der Waals surface area contributed by atoms with Gasteiger partial charge in [-0.25, -0.2) is 0 Å². The molecule has 0 saturated carbocycles. The van der Waals surface area contributed by atoms with Crippen molar-refractivity contribution in [2.24, 2.45) is 0 Å². The van der Waals surface area contributed by atoms with E-state index < -0.39 is 6.23 Å². The molecule has 2 N–H and O–H groups in total. The van der Waals surface area contributed by atoms with Gasteiger partial charge < -0.3 is 20.1 Å². The van der Waals surface area contributed by atoms with Gasteiger partial charge in [-0.1, -0.05) is 29.8 Å². The summed E-state index contributed by atoms with van der Waals surface area (Å²) in [7, 11) is 1.60. The number of hydrogen-bond acceptors (Lipinski definition) is 5. The van der Waals surface area contributed by atoms with Crippen LogP contribution in [-0.4, -0.2) is 28.9 Å². The third kappa shape index (κ3) is 3.92. The molecule has 1 unspecified atom stereocenters. The minimum atomic E-state index is -1.10. The van der Waals surface area contributed by atoms with Gasteiger partial charge in [0.2, 0.25) is 0 Å². The van der Waals surface area contributed by atoms with Gasteiger partial charge >= 0.3 is 0 Å². The van der Waals surface area contributed by atoms with Crippen molar-refractivity contribution < 1.29 is 19.4 Å². The molecule has 2 heterocycles. The lowest BCUT2D eigenvalue weighted by molar-refractivity contribution is 0.0137. The maximum Gasteiger partial charge on any atom is 0.265 e. The van der Waals surface area contributed by atoms with Crippen LogP contribution in [0.5, 0.6) is 5.75 Å². The lowest BCUT2D eigenvalue weighted by Crippen LogP contribution is -2.27. The summed E-state index contributed by atoms with van der Waals surface area (Å²) in [5.74, 6) is 0.0452. The Morgan fingerprint density at radius 3 is 2.77 bits per heavy atom. The molecule has 9 heteroatoms. The largest absolute Gasteiger partial charge is 0.496 e. The average Bonchev–Trinajstić information content (AvgIpc) is 3.26. The van der Waals surface area contributed by atoms with Crippen molar-refractivity contribution in [3.8, 4) is 5.75 Å². The van der Waals surface area contributed by atoms with Gasteiger partial charge in [-0.3, -0.25) is 9.59 Å². The topological polar surface area (TPSA) is 78.9 Å². The molecular weight excluding hydrogens is 539 g/mol. The standard InChI is InChI=1S/C21H16ClIN2O4S/c1-29-15-6-5-11(9-13(15)23)10-25-20(27)12-3-2-4-14(18(12)21(25)28)24-19(26)16-7-8-17(22)30-16/h2-9,20,27H,10H2,1H3,(H,24,26). The number of benzene rings is 2. The van der Waals surface area contributed by atoms with Gasteiger partial charge in [-0.05, 0) is 58.5 Å². The zero-order valence-corrected chi connectivity index (χ0v) is 19.4. The van der Waals surface area contributed by atoms with Gasteiger partial charge in [0, 0.05) is 12.1 Å². The first kappa shape index (κ1) is 21.1. The molecule has 1 atom stereocenters. The van der Waals surface area contributed by atoms with Crippen LogP contribution in [-0.2, 0) is 6.54 Å². The van der Waals surface area contributed by atoms with Crippen LogP contribution in [0, 0.1) is 3.57 Å². The third-order valence-electron chi connectivity index (χ3n) is 4.76. The zero-order chi connectivity index (χ0) is 21.4. The molecule has 3 aromatic rings. The highest BCUT2D eigenvalue weighted by atomic mass is 127. The van der Waals surface area contributed by atoms with Crippen molar-refractivity contribution in [1.82, 2.24) is 4.90 Å².